The fourth-order valence-electron chi connectivity index (χ4n) is 4.78. The Morgan fingerprint density at radius 1 is 1.06 bits per heavy atom. The van der Waals surface area contributed by atoms with Gasteiger partial charge in [0.25, 0.3) is 5.91 Å². The largest absolute Gasteiger partial charge is 0.497 e. The molecule has 2 amide bonds. The first-order valence-corrected chi connectivity index (χ1v) is 11.1. The maximum atomic E-state index is 13.3. The van der Waals surface area contributed by atoms with E-state index >= 15 is 0 Å². The monoisotopic (exact) mass is 433 g/mol. The average Bonchev–Trinajstić information content (AvgIpc) is 3.50. The lowest BCUT2D eigenvalue weighted by Crippen LogP contribution is -2.46. The molecule has 1 N–H and O–H groups in total. The number of piperidine rings is 1. The van der Waals surface area contributed by atoms with Crippen LogP contribution in [-0.4, -0.2) is 69.9 Å². The van der Waals surface area contributed by atoms with Gasteiger partial charge in [-0.1, -0.05) is 0 Å². The number of nitrogens with one attached hydrogen (secondary N) is 1. The van der Waals surface area contributed by atoms with Gasteiger partial charge in [0.15, 0.2) is 5.65 Å². The lowest BCUT2D eigenvalue weighted by atomic mass is 9.96. The maximum Gasteiger partial charge on any atom is 0.253 e. The number of methoxy groups -OCH3 is 1. The van der Waals surface area contributed by atoms with Crippen LogP contribution in [0.15, 0.2) is 42.6 Å². The number of pyridine rings is 1. The minimum Gasteiger partial charge on any atom is -0.497 e. The highest BCUT2D eigenvalue weighted by atomic mass is 16.5. The number of hydrogen-bond acceptors (Lipinski definition) is 5. The van der Waals surface area contributed by atoms with E-state index in [0.29, 0.717) is 30.8 Å². The van der Waals surface area contributed by atoms with Gasteiger partial charge in [-0.15, -0.1) is 0 Å². The van der Waals surface area contributed by atoms with Gasteiger partial charge in [-0.3, -0.25) is 9.59 Å². The molecule has 4 heterocycles. The Labute approximate surface area is 186 Å². The average molecular weight is 434 g/mol. The van der Waals surface area contributed by atoms with Gasteiger partial charge in [-0.05, 0) is 55.7 Å². The number of likely N-dealkylation sites (tertiary alicyclic amines) is 2. The first kappa shape index (κ1) is 20.5. The van der Waals surface area contributed by atoms with E-state index in [1.165, 1.54) is 0 Å². The van der Waals surface area contributed by atoms with Crippen molar-refractivity contribution in [2.45, 2.75) is 25.2 Å². The zero-order valence-electron chi connectivity index (χ0n) is 18.2. The number of hydrogen-bond donors (Lipinski definition) is 1. The molecule has 2 fully saturated rings. The molecule has 2 aliphatic rings. The second-order valence-corrected chi connectivity index (χ2v) is 8.59. The molecule has 8 heteroatoms. The number of fused-ring (bicyclic) bond motifs is 1. The number of aromatic nitrogens is 3. The molecule has 1 aromatic carbocycles. The van der Waals surface area contributed by atoms with Crippen LogP contribution in [0.1, 0.15) is 41.4 Å². The summed E-state index contributed by atoms with van der Waals surface area (Å²) in [7, 11) is 1.60. The number of imidazole rings is 1. The molecule has 0 saturated carbocycles. The zero-order chi connectivity index (χ0) is 22.1. The Morgan fingerprint density at radius 3 is 2.69 bits per heavy atom. The van der Waals surface area contributed by atoms with Crippen LogP contribution in [0, 0.1) is 5.92 Å². The van der Waals surface area contributed by atoms with Gasteiger partial charge in [0.05, 0.1) is 18.5 Å². The van der Waals surface area contributed by atoms with E-state index in [-0.39, 0.29) is 23.7 Å². The normalized spacial score (nSPS) is 21.2. The second kappa shape index (κ2) is 8.61. The van der Waals surface area contributed by atoms with E-state index in [2.05, 4.69) is 15.0 Å². The number of ether oxygens (including phenoxy) is 1. The lowest BCUT2D eigenvalue weighted by molar-refractivity contribution is -0.135. The van der Waals surface area contributed by atoms with Crippen LogP contribution in [0.25, 0.3) is 11.2 Å². The van der Waals surface area contributed by atoms with Gasteiger partial charge in [-0.25, -0.2) is 9.97 Å². The predicted molar refractivity (Wildman–Crippen MR) is 119 cm³/mol. The molecule has 2 unspecified atom stereocenters. The minimum atomic E-state index is -0.151. The molecular formula is C24H27N5O3. The van der Waals surface area contributed by atoms with E-state index < -0.39 is 0 Å². The van der Waals surface area contributed by atoms with Crippen LogP contribution in [-0.2, 0) is 4.79 Å². The molecule has 0 spiro atoms. The van der Waals surface area contributed by atoms with Crippen LogP contribution >= 0.6 is 0 Å². The van der Waals surface area contributed by atoms with E-state index in [1.54, 1.807) is 37.6 Å². The molecule has 2 aliphatic heterocycles. The van der Waals surface area contributed by atoms with Gasteiger partial charge < -0.3 is 19.5 Å². The van der Waals surface area contributed by atoms with Crippen LogP contribution in [0.2, 0.25) is 0 Å². The van der Waals surface area contributed by atoms with Crippen molar-refractivity contribution in [3.8, 4) is 5.75 Å². The van der Waals surface area contributed by atoms with Gasteiger partial charge >= 0.3 is 0 Å². The Hall–Kier alpha value is -3.42. The Morgan fingerprint density at radius 2 is 1.91 bits per heavy atom. The second-order valence-electron chi connectivity index (χ2n) is 8.59. The molecule has 3 aromatic rings. The Bertz CT molecular complexity index is 1090. The standard InChI is InChI=1S/C24H27N5O3/c1-32-19-8-6-16(7-9-19)23(30)28-12-3-4-18(15-28)24(31)29-13-10-17(14-29)21-26-20-5-2-11-25-22(20)27-21/h2,5-9,11,17-18H,3-4,10,12-15H2,1H3,(H,25,26,27). The summed E-state index contributed by atoms with van der Waals surface area (Å²) in [6.07, 6.45) is 4.28. The molecule has 2 saturated heterocycles. The highest BCUT2D eigenvalue weighted by molar-refractivity contribution is 5.95. The molecule has 2 atom stereocenters. The zero-order valence-corrected chi connectivity index (χ0v) is 18.2. The summed E-state index contributed by atoms with van der Waals surface area (Å²) in [5, 5.41) is 0. The maximum absolute atomic E-state index is 13.3. The SMILES string of the molecule is COc1ccc(C(=O)N2CCCC(C(=O)N3CCC(c4nc5ncccc5[nH]4)C3)C2)cc1. The third kappa shape index (κ3) is 3.92. The summed E-state index contributed by atoms with van der Waals surface area (Å²) in [5.41, 5.74) is 2.26. The van der Waals surface area contributed by atoms with Gasteiger partial charge in [0, 0.05) is 43.9 Å². The summed E-state index contributed by atoms with van der Waals surface area (Å²) in [6.45, 7) is 2.53. The number of H-pyrrole nitrogens is 1. The van der Waals surface area contributed by atoms with Crippen molar-refractivity contribution in [2.75, 3.05) is 33.3 Å². The third-order valence-electron chi connectivity index (χ3n) is 6.56. The van der Waals surface area contributed by atoms with Crippen LogP contribution in [0.3, 0.4) is 0 Å². The first-order chi connectivity index (χ1) is 15.6. The van der Waals surface area contributed by atoms with Crippen LogP contribution in [0.4, 0.5) is 0 Å². The number of aromatic amines is 1. The molecule has 166 valence electrons. The molecule has 32 heavy (non-hydrogen) atoms. The predicted octanol–water partition coefficient (Wildman–Crippen LogP) is 2.83. The lowest BCUT2D eigenvalue weighted by Gasteiger charge is -2.34. The van der Waals surface area contributed by atoms with Crippen molar-refractivity contribution in [1.82, 2.24) is 24.8 Å². The number of amides is 2. The van der Waals surface area contributed by atoms with Gasteiger partial charge in [0.2, 0.25) is 5.91 Å². The van der Waals surface area contributed by atoms with E-state index in [9.17, 15) is 9.59 Å². The highest BCUT2D eigenvalue weighted by Gasteiger charge is 2.36. The van der Waals surface area contributed by atoms with E-state index in [1.807, 2.05) is 21.9 Å². The number of rotatable bonds is 4. The van der Waals surface area contributed by atoms with Crippen LogP contribution < -0.4 is 4.74 Å². The van der Waals surface area contributed by atoms with Gasteiger partial charge in [0.1, 0.15) is 11.6 Å². The smallest absolute Gasteiger partial charge is 0.253 e. The van der Waals surface area contributed by atoms with Crippen molar-refractivity contribution in [3.05, 3.63) is 54.0 Å². The van der Waals surface area contributed by atoms with Crippen molar-refractivity contribution in [3.63, 3.8) is 0 Å². The third-order valence-corrected chi connectivity index (χ3v) is 6.56. The Kier molecular flexibility index (Phi) is 5.51. The summed E-state index contributed by atoms with van der Waals surface area (Å²) >= 11 is 0. The van der Waals surface area contributed by atoms with Crippen molar-refractivity contribution in [2.24, 2.45) is 5.92 Å². The van der Waals surface area contributed by atoms with E-state index in [4.69, 9.17) is 4.74 Å². The fourth-order valence-corrected chi connectivity index (χ4v) is 4.78. The molecule has 5 rings (SSSR count). The number of nitrogens with zero attached hydrogens (tertiary/aromatic N) is 4. The molecule has 0 bridgehead atoms. The topological polar surface area (TPSA) is 91.4 Å². The van der Waals surface area contributed by atoms with Crippen molar-refractivity contribution in [1.29, 1.82) is 0 Å². The number of carbonyl (C=O) groups is 2. The quantitative estimate of drug-likeness (QED) is 0.683. The first-order valence-electron chi connectivity index (χ1n) is 11.1. The molecular weight excluding hydrogens is 406 g/mol. The molecule has 8 nitrogen and oxygen atoms in total. The molecule has 2 aromatic heterocycles. The summed E-state index contributed by atoms with van der Waals surface area (Å²) in [6, 6.07) is 11.0. The van der Waals surface area contributed by atoms with Crippen molar-refractivity contribution >= 4 is 23.0 Å². The minimum absolute atomic E-state index is 0.0285. The van der Waals surface area contributed by atoms with E-state index in [0.717, 1.165) is 42.9 Å². The van der Waals surface area contributed by atoms with Gasteiger partial charge in [-0.2, -0.15) is 0 Å². The summed E-state index contributed by atoms with van der Waals surface area (Å²) < 4.78 is 5.17. The number of carbonyl (C=O) groups excluding carboxylic acids is 2. The summed E-state index contributed by atoms with van der Waals surface area (Å²) in [4.78, 5) is 42.2. The Balaban J connectivity index is 1.22. The fraction of sp³-hybridized carbons (Fsp3) is 0.417. The van der Waals surface area contributed by atoms with Crippen molar-refractivity contribution < 1.29 is 14.3 Å². The summed E-state index contributed by atoms with van der Waals surface area (Å²) in [5.74, 6) is 1.77. The highest BCUT2D eigenvalue weighted by Crippen LogP contribution is 2.29. The molecule has 0 radical (unpaired) electrons. The number of benzene rings is 1. The molecule has 0 aliphatic carbocycles. The van der Waals surface area contributed by atoms with Crippen LogP contribution in [0.5, 0.6) is 5.75 Å².